The van der Waals surface area contributed by atoms with Crippen molar-refractivity contribution in [3.63, 3.8) is 0 Å². The highest BCUT2D eigenvalue weighted by molar-refractivity contribution is 7.19. The van der Waals surface area contributed by atoms with E-state index in [1.54, 1.807) is 6.20 Å². The van der Waals surface area contributed by atoms with Crippen molar-refractivity contribution in [2.24, 2.45) is 0 Å². The molecular formula is C17H12F2N2OS. The van der Waals surface area contributed by atoms with Crippen molar-refractivity contribution in [1.82, 2.24) is 4.98 Å². The fourth-order valence-electron chi connectivity index (χ4n) is 2.18. The Balaban J connectivity index is 1.85. The molecule has 3 rings (SSSR count). The second kappa shape index (κ2) is 6.26. The molecule has 0 aliphatic heterocycles. The number of anilines is 1. The monoisotopic (exact) mass is 330 g/mol. The molecule has 3 aromatic rings. The molecule has 1 aromatic heterocycles. The first-order valence-corrected chi connectivity index (χ1v) is 7.65. The molecule has 0 spiro atoms. The number of aromatic nitrogens is 1. The van der Waals surface area contributed by atoms with E-state index in [1.165, 1.54) is 17.4 Å². The zero-order valence-electron chi connectivity index (χ0n) is 12.1. The highest BCUT2D eigenvalue weighted by Gasteiger charge is 2.18. The van der Waals surface area contributed by atoms with Gasteiger partial charge in [-0.1, -0.05) is 41.7 Å². The van der Waals surface area contributed by atoms with Crippen LogP contribution in [0.5, 0.6) is 0 Å². The molecule has 6 heteroatoms. The van der Waals surface area contributed by atoms with Gasteiger partial charge in [-0.15, -0.1) is 0 Å². The number of nitrogens with one attached hydrogen (secondary N) is 1. The van der Waals surface area contributed by atoms with Crippen molar-refractivity contribution < 1.29 is 13.6 Å². The van der Waals surface area contributed by atoms with E-state index in [1.807, 2.05) is 31.2 Å². The van der Waals surface area contributed by atoms with Gasteiger partial charge in [-0.2, -0.15) is 0 Å². The minimum atomic E-state index is -0.904. The minimum Gasteiger partial charge on any atom is -0.298 e. The highest BCUT2D eigenvalue weighted by atomic mass is 32.1. The first kappa shape index (κ1) is 15.3. The molecule has 3 nitrogen and oxygen atoms in total. The molecule has 1 amide bonds. The molecule has 0 aliphatic rings. The number of carbonyl (C=O) groups excluding carboxylic acids is 1. The Labute approximate surface area is 135 Å². The lowest BCUT2D eigenvalue weighted by molar-refractivity contribution is 0.101. The van der Waals surface area contributed by atoms with Gasteiger partial charge in [0.05, 0.1) is 4.88 Å². The summed E-state index contributed by atoms with van der Waals surface area (Å²) < 4.78 is 27.2. The van der Waals surface area contributed by atoms with Gasteiger partial charge in [0.1, 0.15) is 17.2 Å². The van der Waals surface area contributed by atoms with Crippen LogP contribution in [-0.2, 0) is 0 Å². The largest absolute Gasteiger partial charge is 0.298 e. The minimum absolute atomic E-state index is 0.288. The smallest absolute Gasteiger partial charge is 0.263 e. The molecule has 2 aromatic carbocycles. The molecule has 23 heavy (non-hydrogen) atoms. The summed E-state index contributed by atoms with van der Waals surface area (Å²) in [6, 6.07) is 11.1. The third kappa shape index (κ3) is 3.12. The molecule has 0 unspecified atom stereocenters. The molecule has 0 saturated carbocycles. The molecule has 0 radical (unpaired) electrons. The number of rotatable bonds is 3. The number of amides is 1. The van der Waals surface area contributed by atoms with Crippen molar-refractivity contribution in [1.29, 1.82) is 0 Å². The van der Waals surface area contributed by atoms with E-state index in [-0.39, 0.29) is 5.13 Å². The van der Waals surface area contributed by atoms with Crippen LogP contribution in [-0.4, -0.2) is 10.9 Å². The predicted octanol–water partition coefficient (Wildman–Crippen LogP) is 4.65. The number of nitrogens with zero attached hydrogens (tertiary/aromatic N) is 1. The summed E-state index contributed by atoms with van der Waals surface area (Å²) in [7, 11) is 0. The van der Waals surface area contributed by atoms with E-state index in [0.717, 1.165) is 28.1 Å². The van der Waals surface area contributed by atoms with Crippen molar-refractivity contribution >= 4 is 22.4 Å². The molecule has 0 fully saturated rings. The lowest BCUT2D eigenvalue weighted by Gasteiger charge is -2.04. The van der Waals surface area contributed by atoms with E-state index >= 15 is 0 Å². The number of aryl methyl sites for hydroxylation is 1. The Kier molecular flexibility index (Phi) is 4.16. The number of benzene rings is 2. The van der Waals surface area contributed by atoms with Crippen LogP contribution in [0.3, 0.4) is 0 Å². The first-order chi connectivity index (χ1) is 11.1. The fourth-order valence-corrected chi connectivity index (χ4v) is 3.08. The maximum Gasteiger partial charge on any atom is 0.263 e. The third-order valence-electron chi connectivity index (χ3n) is 3.33. The summed E-state index contributed by atoms with van der Waals surface area (Å²) in [5.74, 6) is -2.66. The zero-order valence-corrected chi connectivity index (χ0v) is 13.0. The second-order valence-electron chi connectivity index (χ2n) is 4.90. The van der Waals surface area contributed by atoms with Crippen LogP contribution in [0, 0.1) is 18.6 Å². The predicted molar refractivity (Wildman–Crippen MR) is 86.6 cm³/mol. The fraction of sp³-hybridized carbons (Fsp3) is 0.0588. The van der Waals surface area contributed by atoms with E-state index in [4.69, 9.17) is 0 Å². The number of carbonyl (C=O) groups is 1. The lowest BCUT2D eigenvalue weighted by atomic mass is 10.1. The Hall–Kier alpha value is -2.60. The molecule has 0 atom stereocenters. The van der Waals surface area contributed by atoms with Crippen LogP contribution in [0.2, 0.25) is 0 Å². The molecule has 116 valence electrons. The highest BCUT2D eigenvalue weighted by Crippen LogP contribution is 2.31. The number of hydrogen-bond acceptors (Lipinski definition) is 3. The average Bonchev–Trinajstić information content (AvgIpc) is 2.95. The standard InChI is InChI=1S/C17H12F2N2OS/c1-10-5-2-3-6-11(10)14-9-20-17(23-14)21-16(22)15-12(18)7-4-8-13(15)19/h2-9H,1H3,(H,20,21,22). The van der Waals surface area contributed by atoms with Crippen LogP contribution in [0.25, 0.3) is 10.4 Å². The summed E-state index contributed by atoms with van der Waals surface area (Å²) >= 11 is 1.25. The van der Waals surface area contributed by atoms with Gasteiger partial charge in [0, 0.05) is 6.20 Å². The van der Waals surface area contributed by atoms with Crippen LogP contribution < -0.4 is 5.32 Å². The lowest BCUT2D eigenvalue weighted by Crippen LogP contribution is -2.15. The topological polar surface area (TPSA) is 42.0 Å². The SMILES string of the molecule is Cc1ccccc1-c1cnc(NC(=O)c2c(F)cccc2F)s1. The summed E-state index contributed by atoms with van der Waals surface area (Å²) in [6.07, 6.45) is 1.63. The molecular weight excluding hydrogens is 318 g/mol. The summed E-state index contributed by atoms with van der Waals surface area (Å²) in [5.41, 5.74) is 1.47. The van der Waals surface area contributed by atoms with Crippen LogP contribution in [0.4, 0.5) is 13.9 Å². The molecule has 1 N–H and O–H groups in total. The number of halogens is 2. The van der Waals surface area contributed by atoms with Gasteiger partial charge in [0.15, 0.2) is 5.13 Å². The molecule has 0 aliphatic carbocycles. The van der Waals surface area contributed by atoms with Gasteiger partial charge in [0.25, 0.3) is 5.91 Å². The van der Waals surface area contributed by atoms with E-state index in [0.29, 0.717) is 0 Å². The number of hydrogen-bond donors (Lipinski definition) is 1. The Morgan fingerprint density at radius 1 is 1.09 bits per heavy atom. The maximum absolute atomic E-state index is 13.6. The van der Waals surface area contributed by atoms with Crippen molar-refractivity contribution in [3.8, 4) is 10.4 Å². The molecule has 0 bridgehead atoms. The van der Waals surface area contributed by atoms with Gasteiger partial charge < -0.3 is 0 Å². The van der Waals surface area contributed by atoms with Crippen molar-refractivity contribution in [2.75, 3.05) is 5.32 Å². The Morgan fingerprint density at radius 3 is 2.48 bits per heavy atom. The average molecular weight is 330 g/mol. The first-order valence-electron chi connectivity index (χ1n) is 6.83. The van der Waals surface area contributed by atoms with Crippen molar-refractivity contribution in [2.45, 2.75) is 6.92 Å². The number of thiazole rings is 1. The summed E-state index contributed by atoms with van der Waals surface area (Å²) in [6.45, 7) is 1.97. The van der Waals surface area contributed by atoms with Gasteiger partial charge in [0.2, 0.25) is 0 Å². The van der Waals surface area contributed by atoms with Crippen LogP contribution >= 0.6 is 11.3 Å². The van der Waals surface area contributed by atoms with Crippen molar-refractivity contribution in [3.05, 3.63) is 71.4 Å². The van der Waals surface area contributed by atoms with Gasteiger partial charge in [-0.05, 0) is 30.2 Å². The third-order valence-corrected chi connectivity index (χ3v) is 4.27. The second-order valence-corrected chi connectivity index (χ2v) is 5.93. The molecule has 0 saturated heterocycles. The quantitative estimate of drug-likeness (QED) is 0.759. The zero-order chi connectivity index (χ0) is 16.4. The van der Waals surface area contributed by atoms with Crippen LogP contribution in [0.15, 0.2) is 48.7 Å². The Bertz CT molecular complexity index is 856. The van der Waals surface area contributed by atoms with E-state index in [2.05, 4.69) is 10.3 Å². The Morgan fingerprint density at radius 2 is 1.78 bits per heavy atom. The van der Waals surface area contributed by atoms with Crippen LogP contribution in [0.1, 0.15) is 15.9 Å². The normalized spacial score (nSPS) is 10.6. The van der Waals surface area contributed by atoms with Gasteiger partial charge in [-0.25, -0.2) is 13.8 Å². The summed E-state index contributed by atoms with van der Waals surface area (Å²) in [4.78, 5) is 17.0. The summed E-state index contributed by atoms with van der Waals surface area (Å²) in [5, 5.41) is 2.73. The maximum atomic E-state index is 13.6. The van der Waals surface area contributed by atoms with E-state index < -0.39 is 23.1 Å². The molecule has 1 heterocycles. The van der Waals surface area contributed by atoms with Gasteiger partial charge >= 0.3 is 0 Å². The van der Waals surface area contributed by atoms with E-state index in [9.17, 15) is 13.6 Å². The van der Waals surface area contributed by atoms with Gasteiger partial charge in [-0.3, -0.25) is 10.1 Å².